The van der Waals surface area contributed by atoms with Gasteiger partial charge in [0.05, 0.1) is 11.3 Å². The van der Waals surface area contributed by atoms with E-state index in [4.69, 9.17) is 5.73 Å². The first-order valence-corrected chi connectivity index (χ1v) is 9.96. The first-order valence-electron chi connectivity index (χ1n) is 9.14. The molecule has 0 fully saturated rings. The summed E-state index contributed by atoms with van der Waals surface area (Å²) in [5.74, 6) is 0.277. The van der Waals surface area contributed by atoms with Crippen LogP contribution in [0.2, 0.25) is 0 Å². The molecule has 1 aliphatic heterocycles. The number of rotatable bonds is 2. The Kier molecular flexibility index (Phi) is 3.92. The first-order chi connectivity index (χ1) is 14.0. The van der Waals surface area contributed by atoms with Crippen molar-refractivity contribution in [3.05, 3.63) is 75.6 Å². The number of nitrogens with zero attached hydrogens (tertiary/aromatic N) is 4. The Balaban J connectivity index is 1.67. The van der Waals surface area contributed by atoms with Crippen LogP contribution in [-0.4, -0.2) is 20.3 Å². The second-order valence-corrected chi connectivity index (χ2v) is 7.91. The summed E-state index contributed by atoms with van der Waals surface area (Å²) in [6, 6.07) is 15.9. The third-order valence-electron chi connectivity index (χ3n) is 4.95. The number of aryl methyl sites for hydroxylation is 1. The van der Waals surface area contributed by atoms with Gasteiger partial charge in [-0.2, -0.15) is 14.6 Å². The van der Waals surface area contributed by atoms with Crippen molar-refractivity contribution in [2.24, 2.45) is 4.99 Å². The van der Waals surface area contributed by atoms with E-state index in [0.717, 1.165) is 33.1 Å². The molecule has 0 atom stereocenters. The molecule has 5 rings (SSSR count). The van der Waals surface area contributed by atoms with Gasteiger partial charge in [-0.1, -0.05) is 59.4 Å². The Morgan fingerprint density at radius 3 is 2.62 bits per heavy atom. The average molecular weight is 399 g/mol. The Morgan fingerprint density at radius 1 is 1.07 bits per heavy atom. The highest BCUT2D eigenvalue weighted by atomic mass is 32.1. The summed E-state index contributed by atoms with van der Waals surface area (Å²) in [5, 5.41) is 5.36. The standard InChI is InChI=1S/C22H17N5OS/c1-12-7-9-14(10-8-12)21-26-27-19(23)17(20(28)25-22(27)29-21)11-16-13(2)24-18-6-4-3-5-15(16)18/h3-11H,23H2,1-2H3/b16-11-. The largest absolute Gasteiger partial charge is 0.383 e. The molecule has 4 aromatic rings. The van der Waals surface area contributed by atoms with E-state index >= 15 is 0 Å². The zero-order valence-electron chi connectivity index (χ0n) is 15.9. The first kappa shape index (κ1) is 17.5. The van der Waals surface area contributed by atoms with Crippen LogP contribution >= 0.6 is 11.3 Å². The molecule has 6 nitrogen and oxygen atoms in total. The van der Waals surface area contributed by atoms with Crippen molar-refractivity contribution in [2.45, 2.75) is 13.8 Å². The van der Waals surface area contributed by atoms with Crippen LogP contribution in [0.5, 0.6) is 0 Å². The number of nitrogens with two attached hydrogens (primary N) is 1. The minimum Gasteiger partial charge on any atom is -0.383 e. The van der Waals surface area contributed by atoms with Crippen molar-refractivity contribution >= 4 is 45.2 Å². The number of hydrogen-bond acceptors (Lipinski definition) is 6. The van der Waals surface area contributed by atoms with Gasteiger partial charge in [-0.25, -0.2) is 0 Å². The van der Waals surface area contributed by atoms with Crippen molar-refractivity contribution in [1.29, 1.82) is 0 Å². The molecule has 0 saturated heterocycles. The summed E-state index contributed by atoms with van der Waals surface area (Å²) < 4.78 is 1.54. The molecule has 7 heteroatoms. The molecule has 0 unspecified atom stereocenters. The Labute approximate surface area is 170 Å². The van der Waals surface area contributed by atoms with Gasteiger partial charge in [-0.15, -0.1) is 0 Å². The summed E-state index contributed by atoms with van der Waals surface area (Å²) in [7, 11) is 0. The normalized spacial score (nSPS) is 14.4. The molecular formula is C22H17N5OS. The predicted molar refractivity (Wildman–Crippen MR) is 119 cm³/mol. The van der Waals surface area contributed by atoms with E-state index in [1.807, 2.05) is 62.4 Å². The highest BCUT2D eigenvalue weighted by Gasteiger charge is 2.20. The summed E-state index contributed by atoms with van der Waals surface area (Å²) in [4.78, 5) is 22.0. The van der Waals surface area contributed by atoms with E-state index in [0.29, 0.717) is 10.5 Å². The summed E-state index contributed by atoms with van der Waals surface area (Å²) >= 11 is 1.34. The van der Waals surface area contributed by atoms with Gasteiger partial charge < -0.3 is 5.73 Å². The van der Waals surface area contributed by atoms with E-state index in [-0.39, 0.29) is 11.4 Å². The minimum atomic E-state index is -0.369. The van der Waals surface area contributed by atoms with Crippen LogP contribution in [-0.2, 0) is 0 Å². The number of para-hydroxylation sites is 1. The van der Waals surface area contributed by atoms with Crippen LogP contribution in [0.1, 0.15) is 23.6 Å². The van der Waals surface area contributed by atoms with Gasteiger partial charge in [0.25, 0.3) is 5.56 Å². The predicted octanol–water partition coefficient (Wildman–Crippen LogP) is 4.36. The van der Waals surface area contributed by atoms with Gasteiger partial charge in [-0.05, 0) is 26.0 Å². The monoisotopic (exact) mass is 399 g/mol. The lowest BCUT2D eigenvalue weighted by atomic mass is 10.0. The molecule has 142 valence electrons. The third-order valence-corrected chi connectivity index (χ3v) is 5.91. The number of benzene rings is 2. The summed E-state index contributed by atoms with van der Waals surface area (Å²) in [6.45, 7) is 3.95. The lowest BCUT2D eigenvalue weighted by Crippen LogP contribution is -2.17. The second-order valence-electron chi connectivity index (χ2n) is 6.96. The number of aliphatic imine (C=N–C) groups is 1. The Morgan fingerprint density at radius 2 is 1.83 bits per heavy atom. The van der Waals surface area contributed by atoms with E-state index in [1.54, 1.807) is 10.6 Å². The molecule has 0 amide bonds. The molecule has 29 heavy (non-hydrogen) atoms. The van der Waals surface area contributed by atoms with Crippen LogP contribution in [0.3, 0.4) is 0 Å². The van der Waals surface area contributed by atoms with Gasteiger partial charge in [0.2, 0.25) is 4.96 Å². The van der Waals surface area contributed by atoms with Gasteiger partial charge in [-0.3, -0.25) is 9.79 Å². The molecule has 0 spiro atoms. The van der Waals surface area contributed by atoms with Crippen LogP contribution in [0, 0.1) is 6.92 Å². The van der Waals surface area contributed by atoms with Gasteiger partial charge in [0, 0.05) is 22.4 Å². The van der Waals surface area contributed by atoms with Crippen molar-refractivity contribution < 1.29 is 0 Å². The van der Waals surface area contributed by atoms with Crippen molar-refractivity contribution in [3.63, 3.8) is 0 Å². The fourth-order valence-corrected chi connectivity index (χ4v) is 4.29. The fraction of sp³-hybridized carbons (Fsp3) is 0.0909. The van der Waals surface area contributed by atoms with E-state index < -0.39 is 0 Å². The highest BCUT2D eigenvalue weighted by molar-refractivity contribution is 7.19. The number of anilines is 1. The molecule has 1 aliphatic rings. The van der Waals surface area contributed by atoms with Gasteiger partial charge >= 0.3 is 0 Å². The van der Waals surface area contributed by atoms with E-state index in [1.165, 1.54) is 16.9 Å². The van der Waals surface area contributed by atoms with Crippen molar-refractivity contribution in [1.82, 2.24) is 14.6 Å². The zero-order chi connectivity index (χ0) is 20.1. The van der Waals surface area contributed by atoms with Crippen LogP contribution in [0.4, 0.5) is 11.5 Å². The maximum atomic E-state index is 12.7. The maximum absolute atomic E-state index is 12.7. The maximum Gasteiger partial charge on any atom is 0.283 e. The zero-order valence-corrected chi connectivity index (χ0v) is 16.7. The lowest BCUT2D eigenvalue weighted by molar-refractivity contribution is 0.944. The van der Waals surface area contributed by atoms with Crippen LogP contribution < -0.4 is 11.3 Å². The third kappa shape index (κ3) is 2.87. The molecule has 2 aromatic carbocycles. The Hall–Kier alpha value is -3.58. The summed E-state index contributed by atoms with van der Waals surface area (Å²) in [5.41, 5.74) is 12.0. The minimum absolute atomic E-state index is 0.277. The van der Waals surface area contributed by atoms with Crippen molar-refractivity contribution in [2.75, 3.05) is 5.73 Å². The second kappa shape index (κ2) is 6.49. The molecule has 2 N–H and O–H groups in total. The topological polar surface area (TPSA) is 85.6 Å². The smallest absolute Gasteiger partial charge is 0.283 e. The van der Waals surface area contributed by atoms with Crippen LogP contribution in [0.15, 0.2) is 58.3 Å². The molecule has 0 radical (unpaired) electrons. The molecule has 0 bridgehead atoms. The molecule has 0 aliphatic carbocycles. The molecular weight excluding hydrogens is 382 g/mol. The number of aromatic nitrogens is 3. The Bertz CT molecular complexity index is 1390. The lowest BCUT2D eigenvalue weighted by Gasteiger charge is -2.04. The quantitative estimate of drug-likeness (QED) is 0.543. The number of nitrogen functional groups attached to an aromatic ring is 1. The number of hydrogen-bond donors (Lipinski definition) is 1. The molecule has 3 heterocycles. The van der Waals surface area contributed by atoms with Gasteiger partial charge in [0.1, 0.15) is 10.8 Å². The average Bonchev–Trinajstić information content (AvgIpc) is 3.26. The van der Waals surface area contributed by atoms with Crippen LogP contribution in [0.25, 0.3) is 27.2 Å². The van der Waals surface area contributed by atoms with E-state index in [2.05, 4.69) is 15.1 Å². The van der Waals surface area contributed by atoms with Crippen molar-refractivity contribution in [3.8, 4) is 10.6 Å². The summed E-state index contributed by atoms with van der Waals surface area (Å²) in [6.07, 6.45) is 1.77. The van der Waals surface area contributed by atoms with E-state index in [9.17, 15) is 4.79 Å². The molecule has 2 aromatic heterocycles. The SMILES string of the molecule is CC1=Nc2ccccc2/C1=C\c1c(N)n2nc(-c3ccc(C)cc3)sc2nc1=O. The fourth-order valence-electron chi connectivity index (χ4n) is 3.39. The van der Waals surface area contributed by atoms with Gasteiger partial charge in [0.15, 0.2) is 0 Å². The highest BCUT2D eigenvalue weighted by Crippen LogP contribution is 2.36. The number of allylic oxidation sites excluding steroid dienone is 1. The molecule has 0 saturated carbocycles. The number of fused-ring (bicyclic) bond motifs is 2.